The van der Waals surface area contributed by atoms with Gasteiger partial charge in [0.15, 0.2) is 0 Å². The molecule has 1 aromatic heterocycles. The van der Waals surface area contributed by atoms with Gasteiger partial charge in [-0.05, 0) is 36.2 Å². The van der Waals surface area contributed by atoms with Crippen LogP contribution in [0.1, 0.15) is 17.7 Å². The van der Waals surface area contributed by atoms with Crippen LogP contribution in [0.5, 0.6) is 5.75 Å². The Morgan fingerprint density at radius 1 is 1.20 bits per heavy atom. The van der Waals surface area contributed by atoms with E-state index in [4.69, 9.17) is 9.15 Å². The molecular formula is C16H19NO3. The average Bonchev–Trinajstić information content (AvgIpc) is 2.99. The molecule has 20 heavy (non-hydrogen) atoms. The third-order valence-corrected chi connectivity index (χ3v) is 3.07. The van der Waals surface area contributed by atoms with Gasteiger partial charge in [0, 0.05) is 19.4 Å². The van der Waals surface area contributed by atoms with E-state index in [1.165, 1.54) is 0 Å². The van der Waals surface area contributed by atoms with Crippen LogP contribution in [0.2, 0.25) is 0 Å². The first-order chi connectivity index (χ1) is 9.78. The van der Waals surface area contributed by atoms with Gasteiger partial charge in [0.1, 0.15) is 11.5 Å². The summed E-state index contributed by atoms with van der Waals surface area (Å²) in [6.45, 7) is 0.606. The summed E-state index contributed by atoms with van der Waals surface area (Å²) in [6.07, 6.45) is 3.59. The molecule has 0 unspecified atom stereocenters. The van der Waals surface area contributed by atoms with E-state index < -0.39 is 0 Å². The zero-order valence-corrected chi connectivity index (χ0v) is 11.6. The SMILES string of the molecule is COc1ccc(CCC(=O)NCCc2ccco2)cc1. The summed E-state index contributed by atoms with van der Waals surface area (Å²) in [4.78, 5) is 11.7. The Morgan fingerprint density at radius 3 is 2.65 bits per heavy atom. The standard InChI is InChI=1S/C16H19NO3/c1-19-14-7-4-13(5-8-14)6-9-16(18)17-11-10-15-3-2-12-20-15/h2-5,7-8,12H,6,9-11H2,1H3,(H,17,18). The molecule has 2 aromatic rings. The summed E-state index contributed by atoms with van der Waals surface area (Å²) < 4.78 is 10.3. The number of benzene rings is 1. The highest BCUT2D eigenvalue weighted by Gasteiger charge is 2.03. The fourth-order valence-corrected chi connectivity index (χ4v) is 1.92. The molecule has 106 valence electrons. The lowest BCUT2D eigenvalue weighted by atomic mass is 10.1. The van der Waals surface area contributed by atoms with Gasteiger partial charge in [0.05, 0.1) is 13.4 Å². The van der Waals surface area contributed by atoms with Crippen LogP contribution in [0.4, 0.5) is 0 Å². The maximum absolute atomic E-state index is 11.7. The molecule has 1 heterocycles. The van der Waals surface area contributed by atoms with Gasteiger partial charge in [-0.25, -0.2) is 0 Å². The normalized spacial score (nSPS) is 10.2. The second-order valence-electron chi connectivity index (χ2n) is 4.53. The van der Waals surface area contributed by atoms with Crippen LogP contribution in [0.15, 0.2) is 47.1 Å². The van der Waals surface area contributed by atoms with Crippen LogP contribution < -0.4 is 10.1 Å². The minimum absolute atomic E-state index is 0.0624. The van der Waals surface area contributed by atoms with Crippen molar-refractivity contribution in [2.75, 3.05) is 13.7 Å². The molecule has 0 aliphatic rings. The third kappa shape index (κ3) is 4.46. The number of aryl methyl sites for hydroxylation is 1. The number of ether oxygens (including phenoxy) is 1. The van der Waals surface area contributed by atoms with Crippen molar-refractivity contribution in [1.82, 2.24) is 5.32 Å². The maximum atomic E-state index is 11.7. The molecule has 0 bridgehead atoms. The van der Waals surface area contributed by atoms with E-state index in [0.717, 1.165) is 29.9 Å². The van der Waals surface area contributed by atoms with Gasteiger partial charge in [-0.3, -0.25) is 4.79 Å². The third-order valence-electron chi connectivity index (χ3n) is 3.07. The minimum Gasteiger partial charge on any atom is -0.497 e. The molecule has 4 heteroatoms. The minimum atomic E-state index is 0.0624. The lowest BCUT2D eigenvalue weighted by molar-refractivity contribution is -0.121. The molecule has 1 aromatic carbocycles. The number of hydrogen-bond donors (Lipinski definition) is 1. The van der Waals surface area contributed by atoms with E-state index in [1.54, 1.807) is 13.4 Å². The first kappa shape index (κ1) is 14.2. The second-order valence-corrected chi connectivity index (χ2v) is 4.53. The molecule has 0 saturated heterocycles. The van der Waals surface area contributed by atoms with E-state index in [0.29, 0.717) is 13.0 Å². The molecule has 0 aliphatic carbocycles. The van der Waals surface area contributed by atoms with Gasteiger partial charge in [0.2, 0.25) is 5.91 Å². The van der Waals surface area contributed by atoms with Crippen molar-refractivity contribution in [3.63, 3.8) is 0 Å². The van der Waals surface area contributed by atoms with Crippen LogP contribution >= 0.6 is 0 Å². The van der Waals surface area contributed by atoms with Crippen molar-refractivity contribution in [3.8, 4) is 5.75 Å². The highest BCUT2D eigenvalue weighted by Crippen LogP contribution is 2.12. The Morgan fingerprint density at radius 2 is 2.00 bits per heavy atom. The Kier molecular flexibility index (Phi) is 5.24. The van der Waals surface area contributed by atoms with E-state index >= 15 is 0 Å². The van der Waals surface area contributed by atoms with Gasteiger partial charge in [-0.1, -0.05) is 12.1 Å². The Labute approximate surface area is 118 Å². The highest BCUT2D eigenvalue weighted by molar-refractivity contribution is 5.76. The second kappa shape index (κ2) is 7.38. The zero-order valence-electron chi connectivity index (χ0n) is 11.6. The van der Waals surface area contributed by atoms with Gasteiger partial charge in [-0.2, -0.15) is 0 Å². The molecule has 0 fully saturated rings. The van der Waals surface area contributed by atoms with E-state index in [1.807, 2.05) is 36.4 Å². The lowest BCUT2D eigenvalue weighted by Crippen LogP contribution is -2.25. The van der Waals surface area contributed by atoms with Crippen molar-refractivity contribution in [3.05, 3.63) is 54.0 Å². The Hall–Kier alpha value is -2.23. The van der Waals surface area contributed by atoms with Crippen LogP contribution in [-0.4, -0.2) is 19.6 Å². The molecule has 0 radical (unpaired) electrons. The van der Waals surface area contributed by atoms with E-state index in [-0.39, 0.29) is 5.91 Å². The molecular weight excluding hydrogens is 254 g/mol. The molecule has 4 nitrogen and oxygen atoms in total. The first-order valence-electron chi connectivity index (χ1n) is 6.70. The number of hydrogen-bond acceptors (Lipinski definition) is 3. The van der Waals surface area contributed by atoms with Crippen molar-refractivity contribution in [1.29, 1.82) is 0 Å². The first-order valence-corrected chi connectivity index (χ1v) is 6.70. The van der Waals surface area contributed by atoms with Crippen LogP contribution in [0.3, 0.4) is 0 Å². The summed E-state index contributed by atoms with van der Waals surface area (Å²) in [5, 5.41) is 2.89. The zero-order chi connectivity index (χ0) is 14.2. The topological polar surface area (TPSA) is 51.5 Å². The lowest BCUT2D eigenvalue weighted by Gasteiger charge is -2.05. The molecule has 0 aliphatic heterocycles. The number of rotatable bonds is 7. The number of amides is 1. The van der Waals surface area contributed by atoms with Gasteiger partial charge in [0.25, 0.3) is 0 Å². The fraction of sp³-hybridized carbons (Fsp3) is 0.312. The summed E-state index contributed by atoms with van der Waals surface area (Å²) in [6, 6.07) is 11.5. The number of carbonyl (C=O) groups excluding carboxylic acids is 1. The maximum Gasteiger partial charge on any atom is 0.220 e. The van der Waals surface area contributed by atoms with Crippen LogP contribution in [0.25, 0.3) is 0 Å². The highest BCUT2D eigenvalue weighted by atomic mass is 16.5. The smallest absolute Gasteiger partial charge is 0.220 e. The van der Waals surface area contributed by atoms with Crippen molar-refractivity contribution >= 4 is 5.91 Å². The molecule has 0 atom stereocenters. The average molecular weight is 273 g/mol. The summed E-state index contributed by atoms with van der Waals surface area (Å²) in [5.41, 5.74) is 1.13. The van der Waals surface area contributed by atoms with Crippen molar-refractivity contribution in [2.45, 2.75) is 19.3 Å². The van der Waals surface area contributed by atoms with Crippen LogP contribution in [0, 0.1) is 0 Å². The molecule has 0 spiro atoms. The quantitative estimate of drug-likeness (QED) is 0.843. The summed E-state index contributed by atoms with van der Waals surface area (Å²) in [7, 11) is 1.64. The Balaban J connectivity index is 1.66. The molecule has 1 amide bonds. The number of methoxy groups -OCH3 is 1. The summed E-state index contributed by atoms with van der Waals surface area (Å²) >= 11 is 0. The fourth-order valence-electron chi connectivity index (χ4n) is 1.92. The van der Waals surface area contributed by atoms with Gasteiger partial charge >= 0.3 is 0 Å². The predicted molar refractivity (Wildman–Crippen MR) is 76.7 cm³/mol. The van der Waals surface area contributed by atoms with Gasteiger partial charge in [-0.15, -0.1) is 0 Å². The number of nitrogens with one attached hydrogen (secondary N) is 1. The molecule has 1 N–H and O–H groups in total. The number of furan rings is 1. The monoisotopic (exact) mass is 273 g/mol. The van der Waals surface area contributed by atoms with Crippen molar-refractivity contribution in [2.24, 2.45) is 0 Å². The van der Waals surface area contributed by atoms with E-state index in [9.17, 15) is 4.79 Å². The number of carbonyl (C=O) groups is 1. The predicted octanol–water partition coefficient (Wildman–Crippen LogP) is 2.58. The Bertz CT molecular complexity index is 517. The molecule has 0 saturated carbocycles. The van der Waals surface area contributed by atoms with E-state index in [2.05, 4.69) is 5.32 Å². The van der Waals surface area contributed by atoms with Crippen LogP contribution in [-0.2, 0) is 17.6 Å². The largest absolute Gasteiger partial charge is 0.497 e. The summed E-state index contributed by atoms with van der Waals surface area (Å²) in [5.74, 6) is 1.78. The van der Waals surface area contributed by atoms with Crippen molar-refractivity contribution < 1.29 is 13.9 Å². The molecule has 2 rings (SSSR count). The van der Waals surface area contributed by atoms with Gasteiger partial charge < -0.3 is 14.5 Å².